The lowest BCUT2D eigenvalue weighted by Crippen LogP contribution is -2.34. The van der Waals surface area contributed by atoms with Gasteiger partial charge in [0.15, 0.2) is 0 Å². The van der Waals surface area contributed by atoms with Crippen LogP contribution < -0.4 is 0 Å². The standard InChI is InChI=1S/C16H24O2/c1-6-16(5)8-7-14(9-15(16)12(2)3)13(4)10-18-11-17/h6,11,14-15H,1-2,4,7-10H2,3,5H3/t14-,15+,16-/m1/s1. The molecule has 0 N–H and O–H groups in total. The van der Waals surface area contributed by atoms with Crippen LogP contribution in [0.25, 0.3) is 0 Å². The number of carbonyl (C=O) groups excluding carboxylic acids is 1. The normalized spacial score (nSPS) is 31.4. The molecule has 0 spiro atoms. The molecule has 100 valence electrons. The SMILES string of the molecule is C=C[C@]1(C)CC[C@@H](C(=C)COC=O)C[C@H]1C(=C)C. The summed E-state index contributed by atoms with van der Waals surface area (Å²) < 4.78 is 4.80. The Labute approximate surface area is 110 Å². The van der Waals surface area contributed by atoms with Gasteiger partial charge in [-0.25, -0.2) is 0 Å². The number of allylic oxidation sites excluding steroid dienone is 2. The molecule has 1 rings (SSSR count). The Hall–Kier alpha value is -1.31. The number of hydrogen-bond donors (Lipinski definition) is 0. The summed E-state index contributed by atoms with van der Waals surface area (Å²) in [5, 5.41) is 0. The van der Waals surface area contributed by atoms with Gasteiger partial charge in [-0.2, -0.15) is 0 Å². The zero-order valence-corrected chi connectivity index (χ0v) is 11.6. The van der Waals surface area contributed by atoms with E-state index in [0.29, 0.717) is 24.9 Å². The van der Waals surface area contributed by atoms with Crippen molar-refractivity contribution in [2.45, 2.75) is 33.1 Å². The highest BCUT2D eigenvalue weighted by Gasteiger charge is 2.38. The first-order valence-electron chi connectivity index (χ1n) is 6.46. The average molecular weight is 248 g/mol. The third kappa shape index (κ3) is 3.12. The molecule has 0 aromatic heterocycles. The molecule has 0 aliphatic heterocycles. The molecule has 0 aromatic rings. The van der Waals surface area contributed by atoms with E-state index in [4.69, 9.17) is 4.74 Å². The summed E-state index contributed by atoms with van der Waals surface area (Å²) in [6.45, 7) is 17.3. The van der Waals surface area contributed by atoms with Gasteiger partial charge in [0, 0.05) is 0 Å². The predicted octanol–water partition coefficient (Wildman–Crippen LogP) is 3.90. The van der Waals surface area contributed by atoms with E-state index in [9.17, 15) is 4.79 Å². The van der Waals surface area contributed by atoms with Crippen LogP contribution in [-0.2, 0) is 9.53 Å². The molecule has 0 amide bonds. The minimum absolute atomic E-state index is 0.133. The van der Waals surface area contributed by atoms with E-state index in [1.54, 1.807) is 0 Å². The summed E-state index contributed by atoms with van der Waals surface area (Å²) in [5.74, 6) is 0.849. The number of ether oxygens (including phenoxy) is 1. The molecule has 0 bridgehead atoms. The Morgan fingerprint density at radius 3 is 2.67 bits per heavy atom. The zero-order valence-electron chi connectivity index (χ0n) is 11.6. The van der Waals surface area contributed by atoms with E-state index in [-0.39, 0.29) is 5.41 Å². The third-order valence-corrected chi connectivity index (χ3v) is 4.32. The molecule has 1 aliphatic rings. The van der Waals surface area contributed by atoms with E-state index in [2.05, 4.69) is 39.7 Å². The fourth-order valence-electron chi connectivity index (χ4n) is 2.97. The third-order valence-electron chi connectivity index (χ3n) is 4.32. The van der Waals surface area contributed by atoms with Gasteiger partial charge in [-0.15, -0.1) is 6.58 Å². The first kappa shape index (κ1) is 14.7. The van der Waals surface area contributed by atoms with Crippen LogP contribution in [-0.4, -0.2) is 13.1 Å². The second-order valence-electron chi connectivity index (χ2n) is 5.65. The molecule has 1 aliphatic carbocycles. The summed E-state index contributed by atoms with van der Waals surface area (Å²) in [5.41, 5.74) is 2.35. The maximum absolute atomic E-state index is 10.2. The van der Waals surface area contributed by atoms with E-state index in [0.717, 1.165) is 24.8 Å². The van der Waals surface area contributed by atoms with Gasteiger partial charge in [0.25, 0.3) is 6.47 Å². The Balaban J connectivity index is 2.74. The summed E-state index contributed by atoms with van der Waals surface area (Å²) in [4.78, 5) is 10.2. The lowest BCUT2D eigenvalue weighted by Gasteiger charge is -2.43. The zero-order chi connectivity index (χ0) is 13.8. The van der Waals surface area contributed by atoms with Gasteiger partial charge >= 0.3 is 0 Å². The molecule has 0 unspecified atom stereocenters. The van der Waals surface area contributed by atoms with Crippen LogP contribution in [0.4, 0.5) is 0 Å². The number of rotatable bonds is 6. The number of hydrogen-bond acceptors (Lipinski definition) is 2. The second kappa shape index (κ2) is 6.03. The topological polar surface area (TPSA) is 26.3 Å². The average Bonchev–Trinajstić information content (AvgIpc) is 2.36. The number of carbonyl (C=O) groups is 1. The van der Waals surface area contributed by atoms with Gasteiger partial charge in [-0.1, -0.05) is 31.7 Å². The fourth-order valence-corrected chi connectivity index (χ4v) is 2.97. The minimum Gasteiger partial charge on any atom is -0.463 e. The molecular formula is C16H24O2. The Kier molecular flexibility index (Phi) is 4.94. The van der Waals surface area contributed by atoms with Crippen molar-refractivity contribution < 1.29 is 9.53 Å². The molecule has 1 fully saturated rings. The van der Waals surface area contributed by atoms with Gasteiger partial charge in [0.1, 0.15) is 6.61 Å². The maximum Gasteiger partial charge on any atom is 0.293 e. The van der Waals surface area contributed by atoms with Crippen molar-refractivity contribution in [1.29, 1.82) is 0 Å². The first-order chi connectivity index (χ1) is 8.44. The van der Waals surface area contributed by atoms with Gasteiger partial charge < -0.3 is 4.74 Å². The highest BCUT2D eigenvalue weighted by Crippen LogP contribution is 2.48. The van der Waals surface area contributed by atoms with Gasteiger partial charge in [0.05, 0.1) is 0 Å². The Morgan fingerprint density at radius 1 is 1.50 bits per heavy atom. The lowest BCUT2D eigenvalue weighted by atomic mass is 9.61. The Morgan fingerprint density at radius 2 is 2.17 bits per heavy atom. The van der Waals surface area contributed by atoms with Crippen LogP contribution in [0.5, 0.6) is 0 Å². The van der Waals surface area contributed by atoms with Crippen molar-refractivity contribution >= 4 is 6.47 Å². The van der Waals surface area contributed by atoms with E-state index < -0.39 is 0 Å². The summed E-state index contributed by atoms with van der Waals surface area (Å²) in [6.07, 6.45) is 5.25. The van der Waals surface area contributed by atoms with Gasteiger partial charge in [-0.05, 0) is 49.0 Å². The van der Waals surface area contributed by atoms with Crippen LogP contribution in [0.1, 0.15) is 33.1 Å². The fraction of sp³-hybridized carbons (Fsp3) is 0.562. The van der Waals surface area contributed by atoms with Crippen LogP contribution >= 0.6 is 0 Å². The Bertz CT molecular complexity index is 356. The van der Waals surface area contributed by atoms with Crippen LogP contribution in [0.15, 0.2) is 37.0 Å². The smallest absolute Gasteiger partial charge is 0.293 e. The van der Waals surface area contributed by atoms with Crippen molar-refractivity contribution in [2.24, 2.45) is 17.3 Å². The minimum atomic E-state index is 0.133. The molecule has 18 heavy (non-hydrogen) atoms. The quantitative estimate of drug-likeness (QED) is 0.526. The van der Waals surface area contributed by atoms with Crippen molar-refractivity contribution in [3.63, 3.8) is 0 Å². The van der Waals surface area contributed by atoms with Crippen LogP contribution in [0.2, 0.25) is 0 Å². The van der Waals surface area contributed by atoms with Crippen molar-refractivity contribution in [3.05, 3.63) is 37.0 Å². The van der Waals surface area contributed by atoms with E-state index in [1.807, 2.05) is 0 Å². The predicted molar refractivity (Wildman–Crippen MR) is 75.1 cm³/mol. The second-order valence-corrected chi connectivity index (χ2v) is 5.65. The molecule has 1 saturated carbocycles. The highest BCUT2D eigenvalue weighted by molar-refractivity contribution is 5.37. The maximum atomic E-state index is 10.2. The molecule has 0 radical (unpaired) electrons. The molecule has 3 atom stereocenters. The molecule has 2 heteroatoms. The molecule has 0 heterocycles. The van der Waals surface area contributed by atoms with Crippen molar-refractivity contribution in [2.75, 3.05) is 6.61 Å². The largest absolute Gasteiger partial charge is 0.463 e. The van der Waals surface area contributed by atoms with Crippen molar-refractivity contribution in [1.82, 2.24) is 0 Å². The van der Waals surface area contributed by atoms with Gasteiger partial charge in [-0.3, -0.25) is 4.79 Å². The summed E-state index contributed by atoms with van der Waals surface area (Å²) in [6, 6.07) is 0. The monoisotopic (exact) mass is 248 g/mol. The van der Waals surface area contributed by atoms with E-state index >= 15 is 0 Å². The molecular weight excluding hydrogens is 224 g/mol. The van der Waals surface area contributed by atoms with Crippen molar-refractivity contribution in [3.8, 4) is 0 Å². The molecule has 0 aromatic carbocycles. The lowest BCUT2D eigenvalue weighted by molar-refractivity contribution is -0.128. The summed E-state index contributed by atoms with van der Waals surface area (Å²) >= 11 is 0. The summed E-state index contributed by atoms with van der Waals surface area (Å²) in [7, 11) is 0. The van der Waals surface area contributed by atoms with Crippen LogP contribution in [0.3, 0.4) is 0 Å². The van der Waals surface area contributed by atoms with E-state index in [1.165, 1.54) is 5.57 Å². The van der Waals surface area contributed by atoms with Gasteiger partial charge in [0.2, 0.25) is 0 Å². The molecule has 0 saturated heterocycles. The highest BCUT2D eigenvalue weighted by atomic mass is 16.5. The molecule has 2 nitrogen and oxygen atoms in total. The van der Waals surface area contributed by atoms with Crippen LogP contribution in [0, 0.1) is 17.3 Å². The first-order valence-corrected chi connectivity index (χ1v) is 6.46.